The Bertz CT molecular complexity index is 843. The lowest BCUT2D eigenvalue weighted by atomic mass is 9.76. The fraction of sp³-hybridized carbons (Fsp3) is 0.304. The summed E-state index contributed by atoms with van der Waals surface area (Å²) in [5, 5.41) is 0. The van der Waals surface area contributed by atoms with Crippen LogP contribution in [0, 0.1) is 0 Å². The van der Waals surface area contributed by atoms with Crippen LogP contribution in [0.5, 0.6) is 0 Å². The number of rotatable bonds is 1. The standard InChI is InChI=1S/C23H23N/c1-4-15-24(16-5-1)23-10-6-9-19-21-12-11-17-7-2-3-8-18(17)20(21)13-14-22(19)23/h1-5,7-8,13-15,23H,6,9-12,16H2. The van der Waals surface area contributed by atoms with Crippen LogP contribution < -0.4 is 0 Å². The molecular formula is C23H23N. The highest BCUT2D eigenvalue weighted by molar-refractivity contribution is 5.75. The van der Waals surface area contributed by atoms with Crippen LogP contribution in [-0.2, 0) is 19.3 Å². The summed E-state index contributed by atoms with van der Waals surface area (Å²) in [6, 6.07) is 14.3. The number of nitrogens with zero attached hydrogens (tertiary/aromatic N) is 1. The maximum Gasteiger partial charge on any atom is 0.0543 e. The molecule has 0 aromatic heterocycles. The Morgan fingerprint density at radius 2 is 1.79 bits per heavy atom. The maximum absolute atomic E-state index is 2.52. The predicted molar refractivity (Wildman–Crippen MR) is 100.0 cm³/mol. The van der Waals surface area contributed by atoms with Gasteiger partial charge in [0.25, 0.3) is 0 Å². The molecule has 0 radical (unpaired) electrons. The zero-order valence-electron chi connectivity index (χ0n) is 14.0. The van der Waals surface area contributed by atoms with Crippen molar-refractivity contribution in [2.45, 2.75) is 38.1 Å². The van der Waals surface area contributed by atoms with Crippen LogP contribution in [0.2, 0.25) is 0 Å². The molecule has 1 heteroatoms. The number of hydrogen-bond donors (Lipinski definition) is 0. The van der Waals surface area contributed by atoms with Gasteiger partial charge < -0.3 is 4.90 Å². The Labute approximate surface area is 144 Å². The van der Waals surface area contributed by atoms with Crippen LogP contribution in [0.1, 0.15) is 41.1 Å². The minimum Gasteiger partial charge on any atom is -0.367 e. The molecule has 0 saturated carbocycles. The molecule has 0 amide bonds. The van der Waals surface area contributed by atoms with Gasteiger partial charge in [-0.25, -0.2) is 0 Å². The van der Waals surface area contributed by atoms with Gasteiger partial charge in [-0.05, 0) is 77.8 Å². The monoisotopic (exact) mass is 313 g/mol. The van der Waals surface area contributed by atoms with Crippen molar-refractivity contribution in [3.05, 3.63) is 83.1 Å². The molecule has 0 spiro atoms. The van der Waals surface area contributed by atoms with Gasteiger partial charge in [-0.3, -0.25) is 0 Å². The van der Waals surface area contributed by atoms with E-state index in [1.807, 2.05) is 0 Å². The molecule has 1 nitrogen and oxygen atoms in total. The van der Waals surface area contributed by atoms with Crippen LogP contribution in [0.25, 0.3) is 11.1 Å². The van der Waals surface area contributed by atoms with Crippen molar-refractivity contribution in [2.75, 3.05) is 6.54 Å². The van der Waals surface area contributed by atoms with E-state index in [0.29, 0.717) is 6.04 Å². The van der Waals surface area contributed by atoms with E-state index in [1.165, 1.54) is 48.8 Å². The molecule has 1 heterocycles. The minimum atomic E-state index is 0.553. The first kappa shape index (κ1) is 14.1. The van der Waals surface area contributed by atoms with Crippen molar-refractivity contribution in [1.29, 1.82) is 0 Å². The molecule has 0 saturated heterocycles. The van der Waals surface area contributed by atoms with Crippen molar-refractivity contribution in [3.63, 3.8) is 0 Å². The van der Waals surface area contributed by atoms with Crippen molar-refractivity contribution in [2.24, 2.45) is 0 Å². The lowest BCUT2D eigenvalue weighted by Gasteiger charge is -2.37. The van der Waals surface area contributed by atoms with E-state index >= 15 is 0 Å². The smallest absolute Gasteiger partial charge is 0.0543 e. The van der Waals surface area contributed by atoms with E-state index in [2.05, 4.69) is 65.7 Å². The lowest BCUT2D eigenvalue weighted by Crippen LogP contribution is -2.29. The highest BCUT2D eigenvalue weighted by Crippen LogP contribution is 2.42. The second-order valence-corrected chi connectivity index (χ2v) is 7.19. The van der Waals surface area contributed by atoms with Gasteiger partial charge >= 0.3 is 0 Å². The van der Waals surface area contributed by atoms with Crippen molar-refractivity contribution in [1.82, 2.24) is 4.90 Å². The van der Waals surface area contributed by atoms with E-state index < -0.39 is 0 Å². The van der Waals surface area contributed by atoms with Gasteiger partial charge in [0.15, 0.2) is 0 Å². The molecule has 2 aromatic carbocycles. The summed E-state index contributed by atoms with van der Waals surface area (Å²) in [6.07, 6.45) is 15.1. The highest BCUT2D eigenvalue weighted by Gasteiger charge is 2.28. The summed E-state index contributed by atoms with van der Waals surface area (Å²) in [7, 11) is 0. The zero-order valence-corrected chi connectivity index (χ0v) is 14.0. The largest absolute Gasteiger partial charge is 0.367 e. The maximum atomic E-state index is 2.52. The zero-order chi connectivity index (χ0) is 15.9. The van der Waals surface area contributed by atoms with E-state index in [9.17, 15) is 0 Å². The average Bonchev–Trinajstić information content (AvgIpc) is 2.67. The predicted octanol–water partition coefficient (Wildman–Crippen LogP) is 5.22. The third-order valence-corrected chi connectivity index (χ3v) is 5.92. The molecule has 1 unspecified atom stereocenters. The number of aryl methyl sites for hydroxylation is 1. The van der Waals surface area contributed by atoms with Gasteiger partial charge in [-0.15, -0.1) is 0 Å². The fourth-order valence-corrected chi connectivity index (χ4v) is 4.80. The van der Waals surface area contributed by atoms with Crippen molar-refractivity contribution < 1.29 is 0 Å². The highest BCUT2D eigenvalue weighted by atomic mass is 15.1. The van der Waals surface area contributed by atoms with E-state index in [-0.39, 0.29) is 0 Å². The van der Waals surface area contributed by atoms with Crippen molar-refractivity contribution in [3.8, 4) is 11.1 Å². The molecule has 2 aliphatic carbocycles. The molecule has 120 valence electrons. The topological polar surface area (TPSA) is 3.24 Å². The summed E-state index contributed by atoms with van der Waals surface area (Å²) in [5.74, 6) is 0. The van der Waals surface area contributed by atoms with Crippen molar-refractivity contribution >= 4 is 0 Å². The lowest BCUT2D eigenvalue weighted by molar-refractivity contribution is 0.273. The molecule has 0 fully saturated rings. The van der Waals surface area contributed by atoms with Crippen LogP contribution in [0.3, 0.4) is 0 Å². The van der Waals surface area contributed by atoms with E-state index in [1.54, 1.807) is 16.7 Å². The Morgan fingerprint density at radius 1 is 0.833 bits per heavy atom. The third-order valence-electron chi connectivity index (χ3n) is 5.92. The Hall–Kier alpha value is -2.28. The number of benzene rings is 2. The second-order valence-electron chi connectivity index (χ2n) is 7.19. The van der Waals surface area contributed by atoms with Gasteiger partial charge in [-0.1, -0.05) is 48.6 Å². The second kappa shape index (κ2) is 5.66. The van der Waals surface area contributed by atoms with E-state index in [4.69, 9.17) is 0 Å². The van der Waals surface area contributed by atoms with Gasteiger partial charge in [-0.2, -0.15) is 0 Å². The molecule has 5 rings (SSSR count). The Morgan fingerprint density at radius 3 is 2.71 bits per heavy atom. The molecular weight excluding hydrogens is 290 g/mol. The number of fused-ring (bicyclic) bond motifs is 5. The minimum absolute atomic E-state index is 0.553. The molecule has 1 atom stereocenters. The number of allylic oxidation sites excluding steroid dienone is 2. The first-order valence-electron chi connectivity index (χ1n) is 9.24. The molecule has 0 N–H and O–H groups in total. The number of hydrogen-bond acceptors (Lipinski definition) is 1. The summed E-state index contributed by atoms with van der Waals surface area (Å²) in [4.78, 5) is 2.52. The quantitative estimate of drug-likeness (QED) is 0.698. The van der Waals surface area contributed by atoms with Crippen LogP contribution in [-0.4, -0.2) is 11.4 Å². The van der Waals surface area contributed by atoms with Crippen LogP contribution in [0.15, 0.2) is 60.8 Å². The van der Waals surface area contributed by atoms with Gasteiger partial charge in [0.1, 0.15) is 0 Å². The Kier molecular flexibility index (Phi) is 3.33. The molecule has 24 heavy (non-hydrogen) atoms. The first-order chi connectivity index (χ1) is 11.9. The fourth-order valence-electron chi connectivity index (χ4n) is 4.80. The SMILES string of the molecule is C1=CCN(C2CCCc3c2ccc2c3CCc3ccccc3-2)C=C1. The molecule has 1 aliphatic heterocycles. The van der Waals surface area contributed by atoms with Crippen LogP contribution in [0.4, 0.5) is 0 Å². The third kappa shape index (κ3) is 2.15. The normalized spacial score (nSPS) is 21.2. The first-order valence-corrected chi connectivity index (χ1v) is 9.24. The average molecular weight is 313 g/mol. The van der Waals surface area contributed by atoms with Gasteiger partial charge in [0.2, 0.25) is 0 Å². The molecule has 0 bridgehead atoms. The Balaban J connectivity index is 1.61. The summed E-state index contributed by atoms with van der Waals surface area (Å²) in [5.41, 5.74) is 9.34. The van der Waals surface area contributed by atoms with Gasteiger partial charge in [0.05, 0.1) is 6.04 Å². The summed E-state index contributed by atoms with van der Waals surface area (Å²) >= 11 is 0. The van der Waals surface area contributed by atoms with Crippen LogP contribution >= 0.6 is 0 Å². The molecule has 2 aromatic rings. The van der Waals surface area contributed by atoms with Gasteiger partial charge in [0, 0.05) is 6.54 Å². The summed E-state index contributed by atoms with van der Waals surface area (Å²) < 4.78 is 0. The van der Waals surface area contributed by atoms with E-state index in [0.717, 1.165) is 6.54 Å². The molecule has 3 aliphatic rings. The summed E-state index contributed by atoms with van der Waals surface area (Å²) in [6.45, 7) is 1.04.